The molecule has 4 aromatic rings. The van der Waals surface area contributed by atoms with E-state index in [1.54, 1.807) is 61.7 Å². The number of anilines is 1. The van der Waals surface area contributed by atoms with E-state index in [1.807, 2.05) is 36.4 Å². The van der Waals surface area contributed by atoms with E-state index >= 15 is 4.79 Å². The molecule has 1 saturated carbocycles. The summed E-state index contributed by atoms with van der Waals surface area (Å²) in [5.41, 5.74) is 4.20. The van der Waals surface area contributed by atoms with Gasteiger partial charge in [0, 0.05) is 21.0 Å². The van der Waals surface area contributed by atoms with Crippen molar-refractivity contribution >= 4 is 68.4 Å². The minimum Gasteiger partial charge on any atom is -0.508 e. The molecular weight excluding hydrogens is 769 g/mol. The first-order valence-electron chi connectivity index (χ1n) is 16.9. The van der Waals surface area contributed by atoms with Crippen LogP contribution in [0, 0.1) is 23.7 Å². The summed E-state index contributed by atoms with van der Waals surface area (Å²) in [6.07, 6.45) is 2.34. The zero-order chi connectivity index (χ0) is 36.5. The number of carbonyl (C=O) groups is 4. The van der Waals surface area contributed by atoms with Crippen LogP contribution in [0.3, 0.4) is 0 Å². The maximum Gasteiger partial charge on any atom is 0.260 e. The standard InChI is InChI=1S/C40H32BrCl2N3O6/c1-52-25-11-7-22(8-12-25)40-30(37(49)46(39(40)51)44-32-15-10-24(42)18-31(32)43)19-28-26(35(40)29-17-23(41)9-16-33(29)47)13-14-27-34(28)38(50)45(36(27)48)20-21-5-3-2-4-6-21/h2-13,15-18,27-28,30,34-35,44,47H,14,19-20H2,1H3/t27-,28+,30-,34-,35+,40+/m0/s1. The third-order valence-corrected chi connectivity index (χ3v) is 12.2. The molecule has 4 aliphatic rings. The summed E-state index contributed by atoms with van der Waals surface area (Å²) in [5, 5.41) is 13.2. The van der Waals surface area contributed by atoms with Crippen LogP contribution >= 0.6 is 39.1 Å². The Hall–Kier alpha value is -4.64. The summed E-state index contributed by atoms with van der Waals surface area (Å²) in [4.78, 5) is 59.9. The van der Waals surface area contributed by atoms with Gasteiger partial charge in [-0.05, 0) is 78.4 Å². The quantitative estimate of drug-likeness (QED) is 0.146. The number of hydrogen-bond donors (Lipinski definition) is 2. The number of hydrazine groups is 1. The van der Waals surface area contributed by atoms with Crippen LogP contribution in [0.15, 0.2) is 107 Å². The van der Waals surface area contributed by atoms with E-state index in [0.29, 0.717) is 32.1 Å². The number of likely N-dealkylation sites (tertiary alicyclic amines) is 1. The van der Waals surface area contributed by atoms with Crippen molar-refractivity contribution in [3.63, 3.8) is 0 Å². The normalized spacial score (nSPS) is 26.5. The highest BCUT2D eigenvalue weighted by atomic mass is 79.9. The van der Waals surface area contributed by atoms with Gasteiger partial charge in [0.05, 0.1) is 47.5 Å². The molecule has 6 atom stereocenters. The second-order valence-corrected chi connectivity index (χ2v) is 15.4. The van der Waals surface area contributed by atoms with E-state index < -0.39 is 46.8 Å². The summed E-state index contributed by atoms with van der Waals surface area (Å²) in [6, 6.07) is 26.1. The molecule has 264 valence electrons. The first-order chi connectivity index (χ1) is 25.0. The molecule has 4 aromatic carbocycles. The van der Waals surface area contributed by atoms with Gasteiger partial charge in [0.1, 0.15) is 11.5 Å². The minimum absolute atomic E-state index is 0.0737. The predicted octanol–water partition coefficient (Wildman–Crippen LogP) is 7.66. The number of methoxy groups -OCH3 is 1. The van der Waals surface area contributed by atoms with E-state index in [-0.39, 0.29) is 42.0 Å². The lowest BCUT2D eigenvalue weighted by Gasteiger charge is -2.50. The predicted molar refractivity (Wildman–Crippen MR) is 198 cm³/mol. The number of benzene rings is 4. The summed E-state index contributed by atoms with van der Waals surface area (Å²) in [7, 11) is 1.54. The van der Waals surface area contributed by atoms with Crippen LogP contribution in [-0.4, -0.2) is 45.8 Å². The number of hydrogen-bond acceptors (Lipinski definition) is 7. The van der Waals surface area contributed by atoms with Crippen molar-refractivity contribution in [2.45, 2.75) is 30.7 Å². The lowest BCUT2D eigenvalue weighted by molar-refractivity contribution is -0.142. The summed E-state index contributed by atoms with van der Waals surface area (Å²) >= 11 is 16.3. The highest BCUT2D eigenvalue weighted by Crippen LogP contribution is 2.65. The molecule has 2 saturated heterocycles. The fourth-order valence-electron chi connectivity index (χ4n) is 8.93. The van der Waals surface area contributed by atoms with Gasteiger partial charge < -0.3 is 9.84 Å². The molecule has 4 amide bonds. The first-order valence-corrected chi connectivity index (χ1v) is 18.4. The lowest BCUT2D eigenvalue weighted by Crippen LogP contribution is -2.53. The molecule has 0 unspecified atom stereocenters. The maximum atomic E-state index is 15.4. The van der Waals surface area contributed by atoms with Gasteiger partial charge in [-0.3, -0.25) is 29.5 Å². The van der Waals surface area contributed by atoms with Crippen molar-refractivity contribution in [3.8, 4) is 11.5 Å². The number of fused-ring (bicyclic) bond motifs is 4. The molecule has 2 heterocycles. The Morgan fingerprint density at radius 3 is 2.37 bits per heavy atom. The van der Waals surface area contributed by atoms with Crippen molar-refractivity contribution in [1.29, 1.82) is 0 Å². The number of ether oxygens (including phenoxy) is 1. The van der Waals surface area contributed by atoms with Gasteiger partial charge in [-0.25, -0.2) is 0 Å². The van der Waals surface area contributed by atoms with Crippen LogP contribution in [0.25, 0.3) is 0 Å². The van der Waals surface area contributed by atoms with Crippen molar-refractivity contribution in [1.82, 2.24) is 9.91 Å². The molecule has 8 rings (SSSR count). The Bertz CT molecular complexity index is 2180. The average Bonchev–Trinajstić information content (AvgIpc) is 3.51. The number of allylic oxidation sites excluding steroid dienone is 2. The average molecular weight is 802 g/mol. The Labute approximate surface area is 318 Å². The number of nitrogens with one attached hydrogen (secondary N) is 1. The minimum atomic E-state index is -1.59. The Morgan fingerprint density at radius 2 is 1.65 bits per heavy atom. The zero-order valence-electron chi connectivity index (χ0n) is 27.8. The molecule has 2 aliphatic heterocycles. The van der Waals surface area contributed by atoms with Crippen LogP contribution in [0.4, 0.5) is 5.69 Å². The van der Waals surface area contributed by atoms with Crippen LogP contribution in [0.2, 0.25) is 10.0 Å². The number of phenols is 1. The van der Waals surface area contributed by atoms with Crippen LogP contribution < -0.4 is 10.2 Å². The fourth-order valence-corrected chi connectivity index (χ4v) is 9.76. The Morgan fingerprint density at radius 1 is 0.904 bits per heavy atom. The second kappa shape index (κ2) is 13.1. The molecule has 0 spiro atoms. The Balaban J connectivity index is 1.32. The van der Waals surface area contributed by atoms with Gasteiger partial charge in [0.15, 0.2) is 0 Å². The number of aromatic hydroxyl groups is 1. The molecule has 9 nitrogen and oxygen atoms in total. The molecule has 2 aliphatic carbocycles. The zero-order valence-corrected chi connectivity index (χ0v) is 30.9. The van der Waals surface area contributed by atoms with E-state index in [4.69, 9.17) is 27.9 Å². The van der Waals surface area contributed by atoms with Gasteiger partial charge in [0.2, 0.25) is 11.8 Å². The molecule has 0 aromatic heterocycles. The highest BCUT2D eigenvalue weighted by molar-refractivity contribution is 9.10. The number of carbonyl (C=O) groups excluding carboxylic acids is 4. The smallest absolute Gasteiger partial charge is 0.260 e. The maximum absolute atomic E-state index is 15.4. The molecule has 3 fully saturated rings. The van der Waals surface area contributed by atoms with E-state index in [2.05, 4.69) is 21.4 Å². The number of phenolic OH excluding ortho intramolecular Hbond substituents is 1. The van der Waals surface area contributed by atoms with Crippen LogP contribution in [0.5, 0.6) is 11.5 Å². The molecule has 12 heteroatoms. The monoisotopic (exact) mass is 799 g/mol. The molecule has 0 bridgehead atoms. The number of amides is 4. The Kier molecular flexibility index (Phi) is 8.67. The van der Waals surface area contributed by atoms with Crippen molar-refractivity contribution in [3.05, 3.63) is 134 Å². The SMILES string of the molecule is COc1ccc([C@@]23C(=O)N(Nc4ccc(Cl)cc4Cl)C(=O)[C@@H]2C[C@@H]2C(=CC[C@@H]4C(=O)N(Cc5ccccc5)C(=O)[C@@H]42)[C@@H]3c2cc(Br)ccc2O)cc1. The second-order valence-electron chi connectivity index (χ2n) is 13.7. The van der Waals surface area contributed by atoms with E-state index in [0.717, 1.165) is 16.1 Å². The molecule has 0 radical (unpaired) electrons. The van der Waals surface area contributed by atoms with Crippen molar-refractivity contribution < 1.29 is 29.0 Å². The van der Waals surface area contributed by atoms with Gasteiger partial charge in [-0.1, -0.05) is 93.2 Å². The molecule has 2 N–H and O–H groups in total. The summed E-state index contributed by atoms with van der Waals surface area (Å²) < 4.78 is 6.11. The number of halogens is 3. The first kappa shape index (κ1) is 34.4. The van der Waals surface area contributed by atoms with Gasteiger partial charge >= 0.3 is 0 Å². The highest BCUT2D eigenvalue weighted by Gasteiger charge is 2.70. The number of nitrogens with zero attached hydrogens (tertiary/aromatic N) is 2. The summed E-state index contributed by atoms with van der Waals surface area (Å²) in [6.45, 7) is 0.138. The van der Waals surface area contributed by atoms with Gasteiger partial charge in [0.25, 0.3) is 11.8 Å². The fraction of sp³-hybridized carbons (Fsp3) is 0.250. The molecule has 52 heavy (non-hydrogen) atoms. The third-order valence-electron chi connectivity index (χ3n) is 11.2. The van der Waals surface area contributed by atoms with E-state index in [1.165, 1.54) is 11.0 Å². The van der Waals surface area contributed by atoms with Crippen LogP contribution in [-0.2, 0) is 31.1 Å². The van der Waals surface area contributed by atoms with Crippen molar-refractivity contribution in [2.24, 2.45) is 23.7 Å². The van der Waals surface area contributed by atoms with E-state index in [9.17, 15) is 19.5 Å². The number of rotatable bonds is 7. The topological polar surface area (TPSA) is 116 Å². The largest absolute Gasteiger partial charge is 0.508 e. The molecular formula is C40H32BrCl2N3O6. The van der Waals surface area contributed by atoms with Gasteiger partial charge in [-0.2, -0.15) is 5.01 Å². The van der Waals surface area contributed by atoms with Crippen molar-refractivity contribution in [2.75, 3.05) is 12.5 Å². The van der Waals surface area contributed by atoms with Crippen LogP contribution in [0.1, 0.15) is 35.4 Å². The summed E-state index contributed by atoms with van der Waals surface area (Å²) in [5.74, 6) is -5.01. The number of imide groups is 2. The lowest BCUT2D eigenvalue weighted by atomic mass is 9.49. The van der Waals surface area contributed by atoms with Gasteiger partial charge in [-0.15, -0.1) is 0 Å². The third kappa shape index (κ3) is 5.25.